The van der Waals surface area contributed by atoms with E-state index in [4.69, 9.17) is 14.5 Å². The van der Waals surface area contributed by atoms with Crippen LogP contribution in [0.5, 0.6) is 0 Å². The zero-order valence-electron chi connectivity index (χ0n) is 22.9. The fourth-order valence-corrected chi connectivity index (χ4v) is 5.47. The van der Waals surface area contributed by atoms with E-state index in [0.29, 0.717) is 11.6 Å². The van der Waals surface area contributed by atoms with Gasteiger partial charge < -0.3 is 9.52 Å². The number of carbonyl (C=O) groups is 1. The van der Waals surface area contributed by atoms with E-state index in [9.17, 15) is 4.79 Å². The van der Waals surface area contributed by atoms with Gasteiger partial charge in [-0.25, -0.2) is 4.98 Å². The number of nitrogens with zero attached hydrogens (tertiary/aromatic N) is 2. The van der Waals surface area contributed by atoms with Gasteiger partial charge in [0, 0.05) is 47.5 Å². The Morgan fingerprint density at radius 2 is 1.75 bits per heavy atom. The van der Waals surface area contributed by atoms with Crippen molar-refractivity contribution in [2.75, 3.05) is 0 Å². The molecule has 6 rings (SSSR count). The molecule has 0 fully saturated rings. The molecule has 205 valence electrons. The molecule has 0 atom stereocenters. The summed E-state index contributed by atoms with van der Waals surface area (Å²) in [6.07, 6.45) is 1.17. The Hall–Kier alpha value is -3.64. The van der Waals surface area contributed by atoms with E-state index in [0.717, 1.165) is 43.5 Å². The fraction of sp³-hybridized carbons (Fsp3) is 0.182. The van der Waals surface area contributed by atoms with Crippen LogP contribution < -0.4 is 0 Å². The monoisotopic (exact) mass is 726 g/mol. The van der Waals surface area contributed by atoms with Crippen molar-refractivity contribution in [2.45, 2.75) is 40.5 Å². The molecule has 0 aliphatic rings. The molecule has 0 aliphatic heterocycles. The zero-order chi connectivity index (χ0) is 27.7. The second-order valence-corrected chi connectivity index (χ2v) is 10.9. The number of hydrogen-bond acceptors (Lipinski definition) is 6. The first-order chi connectivity index (χ1) is 18.7. The first-order valence-electron chi connectivity index (χ1n) is 12.8. The summed E-state index contributed by atoms with van der Waals surface area (Å²) in [6, 6.07) is 26.7. The van der Waals surface area contributed by atoms with Gasteiger partial charge in [-0.2, -0.15) is 0 Å². The van der Waals surface area contributed by atoms with Crippen LogP contribution in [0.3, 0.4) is 0 Å². The molecule has 0 bridgehead atoms. The minimum absolute atomic E-state index is 0. The minimum atomic E-state index is -0.125. The third-order valence-corrected chi connectivity index (χ3v) is 7.44. The van der Waals surface area contributed by atoms with Gasteiger partial charge in [-0.05, 0) is 61.7 Å². The molecule has 0 saturated carbocycles. The molecule has 4 aromatic heterocycles. The van der Waals surface area contributed by atoms with Gasteiger partial charge in [0.15, 0.2) is 5.78 Å². The first kappa shape index (κ1) is 29.3. The van der Waals surface area contributed by atoms with Gasteiger partial charge in [0.1, 0.15) is 4.83 Å². The SMILES string of the molecule is CC(=O)/C=C(/C)O.Cc1ccc2c(n1)oc1c(-c3ccc4cc(-c5ccc(C(C)C)cc5)sc4n3)[c-]ccc12.[Ir]. The number of thiophene rings is 1. The van der Waals surface area contributed by atoms with Gasteiger partial charge in [0.25, 0.3) is 0 Å². The number of rotatable bonds is 4. The van der Waals surface area contributed by atoms with Crippen molar-refractivity contribution in [3.05, 3.63) is 95.9 Å². The van der Waals surface area contributed by atoms with E-state index >= 15 is 0 Å². The van der Waals surface area contributed by atoms with E-state index in [2.05, 4.69) is 73.4 Å². The molecule has 1 radical (unpaired) electrons. The maximum Gasteiger partial charge on any atom is 0.216 e. The average molecular weight is 726 g/mol. The van der Waals surface area contributed by atoms with Crippen molar-refractivity contribution in [1.29, 1.82) is 0 Å². The van der Waals surface area contributed by atoms with E-state index < -0.39 is 0 Å². The van der Waals surface area contributed by atoms with Gasteiger partial charge >= 0.3 is 0 Å². The molecule has 5 nitrogen and oxygen atoms in total. The molecular weight excluding hydrogens is 697 g/mol. The summed E-state index contributed by atoms with van der Waals surface area (Å²) in [5.41, 5.74) is 6.70. The van der Waals surface area contributed by atoms with Crippen LogP contribution in [0, 0.1) is 13.0 Å². The average Bonchev–Trinajstić information content (AvgIpc) is 3.48. The number of ketones is 1. The number of carbonyl (C=O) groups excluding carboxylic acids is 1. The number of hydrogen-bond donors (Lipinski definition) is 1. The van der Waals surface area contributed by atoms with Crippen molar-refractivity contribution in [2.24, 2.45) is 0 Å². The van der Waals surface area contributed by atoms with Crippen LogP contribution >= 0.6 is 11.3 Å². The smallest absolute Gasteiger partial charge is 0.216 e. The fourth-order valence-electron chi connectivity index (χ4n) is 4.43. The molecule has 0 aliphatic carbocycles. The van der Waals surface area contributed by atoms with Crippen molar-refractivity contribution >= 4 is 49.4 Å². The van der Waals surface area contributed by atoms with Crippen LogP contribution in [-0.4, -0.2) is 20.9 Å². The largest absolute Gasteiger partial charge is 0.512 e. The molecule has 0 unspecified atom stereocenters. The summed E-state index contributed by atoms with van der Waals surface area (Å²) in [5, 5.41) is 11.6. The number of aliphatic hydroxyl groups is 1. The molecule has 1 N–H and O–H groups in total. The Morgan fingerprint density at radius 1 is 1.00 bits per heavy atom. The maximum absolute atomic E-state index is 10.0. The Bertz CT molecular complexity index is 1850. The van der Waals surface area contributed by atoms with Crippen molar-refractivity contribution in [3.8, 4) is 21.7 Å². The molecule has 0 spiro atoms. The van der Waals surface area contributed by atoms with Crippen LogP contribution in [0.1, 0.15) is 44.9 Å². The summed E-state index contributed by atoms with van der Waals surface area (Å²) >= 11 is 1.72. The van der Waals surface area contributed by atoms with Gasteiger partial charge in [-0.15, -0.1) is 29.5 Å². The van der Waals surface area contributed by atoms with E-state index in [-0.39, 0.29) is 31.6 Å². The van der Waals surface area contributed by atoms with Crippen LogP contribution in [0.25, 0.3) is 54.0 Å². The normalized spacial score (nSPS) is 11.5. The Kier molecular flexibility index (Phi) is 8.99. The zero-order valence-corrected chi connectivity index (χ0v) is 26.1. The summed E-state index contributed by atoms with van der Waals surface area (Å²) in [4.78, 5) is 21.8. The molecule has 0 saturated heterocycles. The summed E-state index contributed by atoms with van der Waals surface area (Å²) in [7, 11) is 0. The van der Waals surface area contributed by atoms with Gasteiger partial charge in [-0.1, -0.05) is 61.2 Å². The second kappa shape index (κ2) is 12.3. The molecule has 40 heavy (non-hydrogen) atoms. The van der Waals surface area contributed by atoms with Gasteiger partial charge in [-0.3, -0.25) is 9.78 Å². The molecular formula is C33H29IrN2O3S-. The number of aliphatic hydroxyl groups excluding tert-OH is 1. The summed E-state index contributed by atoms with van der Waals surface area (Å²) < 4.78 is 6.16. The van der Waals surface area contributed by atoms with Crippen molar-refractivity contribution in [1.82, 2.24) is 9.97 Å². The molecule has 4 heterocycles. The van der Waals surface area contributed by atoms with Crippen molar-refractivity contribution < 1.29 is 34.4 Å². The quantitative estimate of drug-likeness (QED) is 0.112. The number of aromatic nitrogens is 2. The van der Waals surface area contributed by atoms with Crippen LogP contribution in [0.15, 0.2) is 83.0 Å². The van der Waals surface area contributed by atoms with Crippen LogP contribution in [0.4, 0.5) is 0 Å². The van der Waals surface area contributed by atoms with E-state index in [1.54, 1.807) is 11.3 Å². The first-order valence-corrected chi connectivity index (χ1v) is 13.6. The molecule has 6 aromatic rings. The predicted molar refractivity (Wildman–Crippen MR) is 160 cm³/mol. The van der Waals surface area contributed by atoms with E-state index in [1.807, 2.05) is 25.1 Å². The topological polar surface area (TPSA) is 76.2 Å². The van der Waals surface area contributed by atoms with Gasteiger partial charge in [0.2, 0.25) is 5.71 Å². The molecule has 7 heteroatoms. The molecule has 2 aromatic carbocycles. The third kappa shape index (κ3) is 6.23. The van der Waals surface area contributed by atoms with Crippen LogP contribution in [-0.2, 0) is 24.9 Å². The summed E-state index contributed by atoms with van der Waals surface area (Å²) in [6.45, 7) is 9.26. The Balaban J connectivity index is 0.000000413. The predicted octanol–water partition coefficient (Wildman–Crippen LogP) is 9.19. The number of fused-ring (bicyclic) bond motifs is 4. The number of pyridine rings is 2. The summed E-state index contributed by atoms with van der Waals surface area (Å²) in [5.74, 6) is 0.472. The third-order valence-electron chi connectivity index (χ3n) is 6.35. The van der Waals surface area contributed by atoms with Gasteiger partial charge in [0.05, 0.1) is 11.3 Å². The number of aryl methyl sites for hydroxylation is 1. The minimum Gasteiger partial charge on any atom is -0.512 e. The Labute approximate surface area is 250 Å². The standard InChI is InChI=1S/C28H21N2OS.C5H8O2.Ir/c1-16(2)18-8-10-19(11-9-18)25-15-20-12-14-24(30-28(20)32-25)23-6-4-5-21-22-13-7-17(3)29-27(22)31-26(21)23;1-4(6)3-5(2)7;/h4-5,7-16H,1-3H3;3,6H,1-2H3;/q-1;;/b;4-3-;. The maximum atomic E-state index is 10.0. The van der Waals surface area contributed by atoms with Crippen molar-refractivity contribution in [3.63, 3.8) is 0 Å². The van der Waals surface area contributed by atoms with Crippen LogP contribution in [0.2, 0.25) is 0 Å². The second-order valence-electron chi connectivity index (χ2n) is 9.88. The number of allylic oxidation sites excluding steroid dienone is 2. The molecule has 0 amide bonds. The number of furan rings is 1. The van der Waals surface area contributed by atoms with E-state index in [1.165, 1.54) is 35.9 Å². The Morgan fingerprint density at radius 3 is 2.40 bits per heavy atom. The number of benzene rings is 2.